The molecule has 1 atom stereocenters. The monoisotopic (exact) mass is 369 g/mol. The highest BCUT2D eigenvalue weighted by atomic mass is 79.9. The summed E-state index contributed by atoms with van der Waals surface area (Å²) < 4.78 is 0.991. The van der Waals surface area contributed by atoms with Gasteiger partial charge in [-0.3, -0.25) is 4.79 Å². The number of rotatable bonds is 2. The molecule has 116 valence electrons. The van der Waals surface area contributed by atoms with Crippen LogP contribution in [0.2, 0.25) is 0 Å². The Kier molecular flexibility index (Phi) is 4.79. The van der Waals surface area contributed by atoms with Crippen LogP contribution in [0.3, 0.4) is 0 Å². The second-order valence-corrected chi connectivity index (χ2v) is 6.59. The third-order valence-electron chi connectivity index (χ3n) is 4.30. The van der Waals surface area contributed by atoms with Crippen molar-refractivity contribution in [3.05, 3.63) is 79.6 Å². The number of hydrogen-bond donors (Lipinski definition) is 0. The van der Waals surface area contributed by atoms with Gasteiger partial charge in [-0.2, -0.15) is 0 Å². The van der Waals surface area contributed by atoms with Crippen LogP contribution in [0.5, 0.6) is 0 Å². The van der Waals surface area contributed by atoms with Crippen molar-refractivity contribution in [3.8, 4) is 0 Å². The normalized spacial score (nSPS) is 17.1. The van der Waals surface area contributed by atoms with Crippen LogP contribution in [0.15, 0.2) is 52.1 Å². The van der Waals surface area contributed by atoms with E-state index in [9.17, 15) is 4.79 Å². The Bertz CT molecular complexity index is 797. The predicted molar refractivity (Wildman–Crippen MR) is 93.7 cm³/mol. The second kappa shape index (κ2) is 6.99. The molecular formula is C18H16BrN3O. The minimum absolute atomic E-state index is 0.100. The molecule has 1 aliphatic carbocycles. The highest BCUT2D eigenvalue weighted by molar-refractivity contribution is 9.10. The van der Waals surface area contributed by atoms with Crippen LogP contribution in [0, 0.1) is 0 Å². The maximum atomic E-state index is 12.5. The zero-order chi connectivity index (χ0) is 16.2. The van der Waals surface area contributed by atoms with E-state index in [1.54, 1.807) is 0 Å². The number of carbonyl (C=O) groups is 1. The minimum atomic E-state index is -0.100. The summed E-state index contributed by atoms with van der Waals surface area (Å²) in [6.45, 7) is 0.310. The van der Waals surface area contributed by atoms with Crippen LogP contribution in [0.4, 0.5) is 0 Å². The molecular weight excluding hydrogens is 354 g/mol. The number of carbonyl (C=O) groups excluding carboxylic acids is 1. The summed E-state index contributed by atoms with van der Waals surface area (Å²) in [6, 6.07) is 13.9. The maximum Gasteiger partial charge on any atom is 0.163 e. The van der Waals surface area contributed by atoms with Crippen LogP contribution in [0.1, 0.15) is 45.8 Å². The van der Waals surface area contributed by atoms with Crippen LogP contribution >= 0.6 is 15.9 Å². The van der Waals surface area contributed by atoms with Crippen LogP contribution in [-0.2, 0) is 6.42 Å². The molecule has 0 saturated heterocycles. The molecule has 0 radical (unpaired) electrons. The molecule has 23 heavy (non-hydrogen) atoms. The molecule has 0 spiro atoms. The molecule has 0 saturated carbocycles. The first-order chi connectivity index (χ1) is 11.2. The lowest BCUT2D eigenvalue weighted by molar-refractivity contribution is 0.0979. The topological polar surface area (TPSA) is 65.8 Å². The van der Waals surface area contributed by atoms with Gasteiger partial charge in [-0.1, -0.05) is 51.4 Å². The maximum absolute atomic E-state index is 12.5. The van der Waals surface area contributed by atoms with Crippen molar-refractivity contribution in [2.24, 2.45) is 5.11 Å². The molecule has 0 heterocycles. The van der Waals surface area contributed by atoms with Gasteiger partial charge in [-0.05, 0) is 47.2 Å². The van der Waals surface area contributed by atoms with Crippen molar-refractivity contribution in [2.45, 2.75) is 25.2 Å². The summed E-state index contributed by atoms with van der Waals surface area (Å²) in [5.74, 6) is 0.0649. The lowest BCUT2D eigenvalue weighted by Gasteiger charge is -2.21. The van der Waals surface area contributed by atoms with Crippen molar-refractivity contribution < 1.29 is 4.79 Å². The first-order valence-corrected chi connectivity index (χ1v) is 8.41. The number of halogens is 1. The fraction of sp³-hybridized carbons (Fsp3) is 0.278. The van der Waals surface area contributed by atoms with E-state index in [0.29, 0.717) is 13.0 Å². The molecule has 2 aromatic rings. The van der Waals surface area contributed by atoms with Gasteiger partial charge >= 0.3 is 0 Å². The number of azide groups is 1. The van der Waals surface area contributed by atoms with Gasteiger partial charge in [0.15, 0.2) is 5.78 Å². The SMILES string of the molecule is [N-]=[N+]=NCC1c2cc(Br)ccc2CCCC(=O)c2ccccc21. The van der Waals surface area contributed by atoms with Gasteiger partial charge in [-0.15, -0.1) is 0 Å². The first kappa shape index (κ1) is 15.8. The van der Waals surface area contributed by atoms with Crippen LogP contribution in [0.25, 0.3) is 10.4 Å². The smallest absolute Gasteiger partial charge is 0.163 e. The molecule has 0 aromatic heterocycles. The molecule has 0 bridgehead atoms. The Morgan fingerprint density at radius 3 is 2.83 bits per heavy atom. The third kappa shape index (κ3) is 3.31. The molecule has 1 unspecified atom stereocenters. The second-order valence-electron chi connectivity index (χ2n) is 5.67. The third-order valence-corrected chi connectivity index (χ3v) is 4.79. The van der Waals surface area contributed by atoms with Crippen molar-refractivity contribution in [2.75, 3.05) is 6.54 Å². The number of aryl methyl sites for hydroxylation is 1. The lowest BCUT2D eigenvalue weighted by Crippen LogP contribution is -2.11. The average molecular weight is 370 g/mol. The number of hydrogen-bond acceptors (Lipinski definition) is 2. The van der Waals surface area contributed by atoms with Crippen molar-refractivity contribution >= 4 is 21.7 Å². The largest absolute Gasteiger partial charge is 0.294 e. The van der Waals surface area contributed by atoms with Gasteiger partial charge in [-0.25, -0.2) is 0 Å². The van der Waals surface area contributed by atoms with Crippen molar-refractivity contribution in [1.29, 1.82) is 0 Å². The van der Waals surface area contributed by atoms with E-state index in [-0.39, 0.29) is 11.7 Å². The van der Waals surface area contributed by atoms with Gasteiger partial charge in [0.2, 0.25) is 0 Å². The zero-order valence-corrected chi connectivity index (χ0v) is 14.2. The average Bonchev–Trinajstić information content (AvgIpc) is 2.61. The molecule has 0 fully saturated rings. The fourth-order valence-corrected chi connectivity index (χ4v) is 3.61. The molecule has 0 aliphatic heterocycles. The standard InChI is InChI=1S/C18H16BrN3O/c19-13-9-8-12-4-3-7-18(23)15-6-2-1-5-14(15)17(11-21-22-20)16(12)10-13/h1-2,5-6,8-10,17H,3-4,7,11H2. The Balaban J connectivity index is 2.23. The summed E-state index contributed by atoms with van der Waals surface area (Å²) in [5, 5.41) is 3.80. The number of Topliss-reactive ketones (excluding diaryl/α,β-unsaturated/α-hetero) is 1. The number of nitrogens with zero attached hydrogens (tertiary/aromatic N) is 3. The van der Waals surface area contributed by atoms with E-state index in [1.165, 1.54) is 5.56 Å². The van der Waals surface area contributed by atoms with Crippen molar-refractivity contribution in [1.82, 2.24) is 0 Å². The Hall–Kier alpha value is -2.10. The zero-order valence-electron chi connectivity index (χ0n) is 12.6. The van der Waals surface area contributed by atoms with E-state index in [4.69, 9.17) is 5.53 Å². The molecule has 3 rings (SSSR count). The molecule has 1 aliphatic rings. The Labute approximate surface area is 143 Å². The van der Waals surface area contributed by atoms with E-state index in [0.717, 1.165) is 34.0 Å². The van der Waals surface area contributed by atoms with E-state index in [1.807, 2.05) is 30.3 Å². The van der Waals surface area contributed by atoms with Crippen LogP contribution < -0.4 is 0 Å². The number of benzene rings is 2. The highest BCUT2D eigenvalue weighted by Gasteiger charge is 2.24. The summed E-state index contributed by atoms with van der Waals surface area (Å²) in [5.41, 5.74) is 12.8. The van der Waals surface area contributed by atoms with Gasteiger partial charge in [0.05, 0.1) is 0 Å². The lowest BCUT2D eigenvalue weighted by atomic mass is 9.85. The van der Waals surface area contributed by atoms with E-state index >= 15 is 0 Å². The molecule has 0 N–H and O–H groups in total. The molecule has 0 amide bonds. The van der Waals surface area contributed by atoms with Crippen molar-refractivity contribution in [3.63, 3.8) is 0 Å². The van der Waals surface area contributed by atoms with Gasteiger partial charge < -0.3 is 0 Å². The van der Waals surface area contributed by atoms with Gasteiger partial charge in [0.1, 0.15) is 0 Å². The summed E-state index contributed by atoms with van der Waals surface area (Å²) in [7, 11) is 0. The molecule has 4 nitrogen and oxygen atoms in total. The van der Waals surface area contributed by atoms with E-state index < -0.39 is 0 Å². The predicted octanol–water partition coefficient (Wildman–Crippen LogP) is 5.41. The molecule has 2 aromatic carbocycles. The van der Waals surface area contributed by atoms with Gasteiger partial charge in [0, 0.05) is 33.8 Å². The van der Waals surface area contributed by atoms with E-state index in [2.05, 4.69) is 38.1 Å². The molecule has 5 heteroatoms. The summed E-state index contributed by atoms with van der Waals surface area (Å²) >= 11 is 3.53. The summed E-state index contributed by atoms with van der Waals surface area (Å²) in [6.07, 6.45) is 2.23. The van der Waals surface area contributed by atoms with Gasteiger partial charge in [0.25, 0.3) is 0 Å². The Morgan fingerprint density at radius 2 is 2.00 bits per heavy atom. The first-order valence-electron chi connectivity index (χ1n) is 7.62. The Morgan fingerprint density at radius 1 is 1.17 bits per heavy atom. The quantitative estimate of drug-likeness (QED) is 0.396. The minimum Gasteiger partial charge on any atom is -0.294 e. The summed E-state index contributed by atoms with van der Waals surface area (Å²) in [4.78, 5) is 15.5. The number of fused-ring (bicyclic) bond motifs is 2. The fourth-order valence-electron chi connectivity index (χ4n) is 3.23. The van der Waals surface area contributed by atoms with Crippen LogP contribution in [-0.4, -0.2) is 12.3 Å². The highest BCUT2D eigenvalue weighted by Crippen LogP contribution is 2.34. The number of ketones is 1.